The molecule has 4 aromatic rings. The molecule has 0 radical (unpaired) electrons. The van der Waals surface area contributed by atoms with Crippen molar-refractivity contribution in [2.24, 2.45) is 0 Å². The van der Waals surface area contributed by atoms with E-state index in [-0.39, 0.29) is 5.92 Å². The van der Waals surface area contributed by atoms with Crippen molar-refractivity contribution in [3.63, 3.8) is 0 Å². The van der Waals surface area contributed by atoms with Gasteiger partial charge in [0.1, 0.15) is 12.4 Å². The number of benzene rings is 4. The predicted molar refractivity (Wildman–Crippen MR) is 146 cm³/mol. The van der Waals surface area contributed by atoms with E-state index in [9.17, 15) is 0 Å². The maximum Gasteiger partial charge on any atom is 0.161 e. The molecule has 1 aliphatic heterocycles. The number of rotatable bonds is 7. The first-order valence-electron chi connectivity index (χ1n) is 13.0. The summed E-state index contributed by atoms with van der Waals surface area (Å²) in [7, 11) is 3.40. The van der Waals surface area contributed by atoms with Gasteiger partial charge < -0.3 is 14.2 Å². The Labute approximate surface area is 213 Å². The van der Waals surface area contributed by atoms with Crippen LogP contribution in [-0.4, -0.2) is 45.4 Å². The Bertz CT molecular complexity index is 1370. The molecule has 0 bridgehead atoms. The van der Waals surface area contributed by atoms with Crippen molar-refractivity contribution in [3.8, 4) is 28.4 Å². The predicted octanol–water partition coefficient (Wildman–Crippen LogP) is 6.88. The normalized spacial score (nSPS) is 17.0. The van der Waals surface area contributed by atoms with Gasteiger partial charge in [-0.3, -0.25) is 4.90 Å². The molecule has 4 heteroatoms. The topological polar surface area (TPSA) is 30.9 Å². The summed E-state index contributed by atoms with van der Waals surface area (Å²) in [4.78, 5) is 2.51. The molecular weight excluding hydrogens is 446 g/mol. The fourth-order valence-corrected chi connectivity index (χ4v) is 5.94. The molecular formula is C32H33NO3. The van der Waals surface area contributed by atoms with Gasteiger partial charge in [0.25, 0.3) is 0 Å². The minimum Gasteiger partial charge on any atom is -0.493 e. The summed E-state index contributed by atoms with van der Waals surface area (Å²) >= 11 is 0. The van der Waals surface area contributed by atoms with Gasteiger partial charge in [-0.25, -0.2) is 0 Å². The van der Waals surface area contributed by atoms with Crippen molar-refractivity contribution in [3.05, 3.63) is 89.5 Å². The third-order valence-corrected chi connectivity index (χ3v) is 7.75. The lowest BCUT2D eigenvalue weighted by Crippen LogP contribution is -2.33. The van der Waals surface area contributed by atoms with Gasteiger partial charge in [-0.15, -0.1) is 0 Å². The lowest BCUT2D eigenvalue weighted by molar-refractivity contribution is 0.183. The molecule has 0 aromatic heterocycles. The van der Waals surface area contributed by atoms with E-state index in [1.54, 1.807) is 14.2 Å². The van der Waals surface area contributed by atoms with Crippen LogP contribution in [0, 0.1) is 0 Å². The average Bonchev–Trinajstić information content (AvgIpc) is 3.27. The third-order valence-electron chi connectivity index (χ3n) is 7.75. The van der Waals surface area contributed by atoms with Crippen LogP contribution in [0.2, 0.25) is 0 Å². The van der Waals surface area contributed by atoms with Gasteiger partial charge in [-0.1, -0.05) is 55.0 Å². The molecule has 36 heavy (non-hydrogen) atoms. The van der Waals surface area contributed by atoms with Gasteiger partial charge in [-0.05, 0) is 88.8 Å². The molecule has 0 amide bonds. The van der Waals surface area contributed by atoms with E-state index < -0.39 is 0 Å². The number of likely N-dealkylation sites (tertiary alicyclic amines) is 1. The fraction of sp³-hybridized carbons (Fsp3) is 0.312. The quantitative estimate of drug-likeness (QED) is 0.255. The smallest absolute Gasteiger partial charge is 0.161 e. The second-order valence-electron chi connectivity index (χ2n) is 9.80. The summed E-state index contributed by atoms with van der Waals surface area (Å²) < 4.78 is 17.5. The van der Waals surface area contributed by atoms with E-state index in [1.165, 1.54) is 70.9 Å². The van der Waals surface area contributed by atoms with E-state index in [0.717, 1.165) is 30.4 Å². The molecule has 6 rings (SSSR count). The molecule has 4 nitrogen and oxygen atoms in total. The van der Waals surface area contributed by atoms with E-state index in [2.05, 4.69) is 77.7 Å². The maximum absolute atomic E-state index is 6.12. The van der Waals surface area contributed by atoms with Crippen molar-refractivity contribution in [1.29, 1.82) is 0 Å². The van der Waals surface area contributed by atoms with E-state index in [0.29, 0.717) is 0 Å². The fourth-order valence-electron chi connectivity index (χ4n) is 5.94. The van der Waals surface area contributed by atoms with Crippen molar-refractivity contribution >= 4 is 10.8 Å². The Balaban J connectivity index is 1.35. The molecule has 1 fully saturated rings. The van der Waals surface area contributed by atoms with E-state index in [1.807, 2.05) is 0 Å². The summed E-state index contributed by atoms with van der Waals surface area (Å²) in [5, 5.41) is 2.54. The minimum absolute atomic E-state index is 0.114. The monoisotopic (exact) mass is 479 g/mol. The summed E-state index contributed by atoms with van der Waals surface area (Å²) in [6, 6.07) is 26.1. The van der Waals surface area contributed by atoms with Gasteiger partial charge in [0.15, 0.2) is 11.5 Å². The highest BCUT2D eigenvalue weighted by Crippen LogP contribution is 2.53. The van der Waals surface area contributed by atoms with Gasteiger partial charge >= 0.3 is 0 Å². The second kappa shape index (κ2) is 9.87. The summed E-state index contributed by atoms with van der Waals surface area (Å²) in [5.41, 5.74) is 6.31. The zero-order valence-electron chi connectivity index (χ0n) is 21.1. The van der Waals surface area contributed by atoms with Crippen molar-refractivity contribution in [1.82, 2.24) is 4.90 Å². The molecule has 0 saturated carbocycles. The van der Waals surface area contributed by atoms with Crippen LogP contribution in [0.1, 0.15) is 41.9 Å². The maximum atomic E-state index is 6.12. The number of piperidine rings is 1. The first-order chi connectivity index (χ1) is 17.8. The molecule has 1 saturated heterocycles. The molecule has 1 atom stereocenters. The van der Waals surface area contributed by atoms with Gasteiger partial charge in [-0.2, -0.15) is 0 Å². The summed E-state index contributed by atoms with van der Waals surface area (Å²) in [6.45, 7) is 4.13. The summed E-state index contributed by atoms with van der Waals surface area (Å²) in [5.74, 6) is 2.56. The Morgan fingerprint density at radius 2 is 1.53 bits per heavy atom. The highest BCUT2D eigenvalue weighted by molar-refractivity contribution is 5.97. The third kappa shape index (κ3) is 4.10. The number of fused-ring (bicyclic) bond motifs is 5. The van der Waals surface area contributed by atoms with Crippen molar-refractivity contribution in [2.75, 3.05) is 40.5 Å². The van der Waals surface area contributed by atoms with Crippen LogP contribution < -0.4 is 14.2 Å². The van der Waals surface area contributed by atoms with Crippen LogP contribution in [0.3, 0.4) is 0 Å². The van der Waals surface area contributed by atoms with E-state index in [4.69, 9.17) is 14.2 Å². The minimum atomic E-state index is 0.114. The first kappa shape index (κ1) is 22.9. The number of hydrogen-bond acceptors (Lipinski definition) is 4. The van der Waals surface area contributed by atoms with Crippen LogP contribution in [0.25, 0.3) is 21.9 Å². The average molecular weight is 480 g/mol. The molecule has 1 unspecified atom stereocenters. The highest BCUT2D eigenvalue weighted by atomic mass is 16.5. The molecule has 184 valence electrons. The number of hydrogen-bond donors (Lipinski definition) is 0. The standard InChI is InChI=1S/C32H33NO3/c1-34-29-20-27-26-15-12-22-8-4-5-9-25(22)32(26)31(28(27)21-30(29)35-2)23-10-13-24(14-11-23)36-19-18-33-16-6-3-7-17-33/h4-5,8-15,20-21,31H,3,6-7,16-19H2,1-2H3. The van der Waals surface area contributed by atoms with Crippen LogP contribution in [0.5, 0.6) is 17.2 Å². The second-order valence-corrected chi connectivity index (χ2v) is 9.80. The summed E-state index contributed by atoms with van der Waals surface area (Å²) in [6.07, 6.45) is 3.98. The molecule has 1 heterocycles. The lowest BCUT2D eigenvalue weighted by atomic mass is 9.86. The first-order valence-corrected chi connectivity index (χ1v) is 13.0. The zero-order chi connectivity index (χ0) is 24.5. The SMILES string of the molecule is COc1cc2c(cc1OC)C(c1ccc(OCCN3CCCCC3)cc1)c1c-2ccc2ccccc12. The number of methoxy groups -OCH3 is 2. The van der Waals surface area contributed by atoms with Crippen molar-refractivity contribution < 1.29 is 14.2 Å². The Morgan fingerprint density at radius 3 is 2.31 bits per heavy atom. The zero-order valence-corrected chi connectivity index (χ0v) is 21.1. The van der Waals surface area contributed by atoms with Crippen molar-refractivity contribution in [2.45, 2.75) is 25.2 Å². The van der Waals surface area contributed by atoms with Gasteiger partial charge in [0.05, 0.1) is 14.2 Å². The molecule has 0 spiro atoms. The highest BCUT2D eigenvalue weighted by Gasteiger charge is 2.33. The van der Waals surface area contributed by atoms with Crippen LogP contribution in [0.4, 0.5) is 0 Å². The van der Waals surface area contributed by atoms with Gasteiger partial charge in [0.2, 0.25) is 0 Å². The number of ether oxygens (including phenoxy) is 3. The Kier molecular flexibility index (Phi) is 6.28. The van der Waals surface area contributed by atoms with Crippen LogP contribution in [-0.2, 0) is 0 Å². The lowest BCUT2D eigenvalue weighted by Gasteiger charge is -2.26. The van der Waals surface area contributed by atoms with Crippen LogP contribution >= 0.6 is 0 Å². The molecule has 2 aliphatic rings. The van der Waals surface area contributed by atoms with E-state index >= 15 is 0 Å². The van der Waals surface area contributed by atoms with Crippen LogP contribution in [0.15, 0.2) is 72.8 Å². The molecule has 4 aromatic carbocycles. The molecule has 1 aliphatic carbocycles. The Hall–Kier alpha value is -3.50. The number of nitrogens with zero attached hydrogens (tertiary/aromatic N) is 1. The van der Waals surface area contributed by atoms with Gasteiger partial charge in [0, 0.05) is 12.5 Å². The molecule has 0 N–H and O–H groups in total. The largest absolute Gasteiger partial charge is 0.493 e. The Morgan fingerprint density at radius 1 is 0.778 bits per heavy atom.